The van der Waals surface area contributed by atoms with Gasteiger partial charge in [0.1, 0.15) is 16.6 Å². The van der Waals surface area contributed by atoms with Crippen LogP contribution in [0.15, 0.2) is 24.3 Å². The molecular weight excluding hydrogens is 304 g/mol. The van der Waals surface area contributed by atoms with Gasteiger partial charge in [0, 0.05) is 10.4 Å². The van der Waals surface area contributed by atoms with E-state index in [0.29, 0.717) is 5.82 Å². The lowest BCUT2D eigenvalue weighted by atomic mass is 10.2. The summed E-state index contributed by atoms with van der Waals surface area (Å²) in [6.07, 6.45) is 0. The molecule has 112 valence electrons. The molecule has 1 amide bonds. The number of nitrogens with one attached hydrogen (secondary N) is 2. The van der Waals surface area contributed by atoms with Gasteiger partial charge in [-0.2, -0.15) is 0 Å². The summed E-state index contributed by atoms with van der Waals surface area (Å²) in [6, 6.07) is 7.57. The molecular formula is C13H12N6O2S. The number of aromatic amines is 1. The SMILES string of the molecule is COc1ccc(-c2nc(NC(=O)c3nnn[nH]3)c(C)s2)cc1. The monoisotopic (exact) mass is 316 g/mol. The van der Waals surface area contributed by atoms with Crippen molar-refractivity contribution in [2.75, 3.05) is 12.4 Å². The first-order valence-electron chi connectivity index (χ1n) is 6.34. The summed E-state index contributed by atoms with van der Waals surface area (Å²) in [6.45, 7) is 1.89. The molecule has 0 aliphatic heterocycles. The quantitative estimate of drug-likeness (QED) is 0.761. The number of anilines is 1. The molecule has 22 heavy (non-hydrogen) atoms. The highest BCUT2D eigenvalue weighted by Crippen LogP contribution is 2.31. The van der Waals surface area contributed by atoms with Crippen molar-refractivity contribution < 1.29 is 9.53 Å². The van der Waals surface area contributed by atoms with E-state index in [1.54, 1.807) is 7.11 Å². The molecule has 0 spiro atoms. The van der Waals surface area contributed by atoms with Gasteiger partial charge < -0.3 is 10.1 Å². The van der Waals surface area contributed by atoms with E-state index >= 15 is 0 Å². The van der Waals surface area contributed by atoms with Gasteiger partial charge in [0.05, 0.1) is 7.11 Å². The number of rotatable bonds is 4. The molecule has 0 saturated heterocycles. The molecule has 0 saturated carbocycles. The van der Waals surface area contributed by atoms with E-state index in [1.165, 1.54) is 11.3 Å². The number of hydrogen-bond acceptors (Lipinski definition) is 7. The Morgan fingerprint density at radius 3 is 2.73 bits per heavy atom. The van der Waals surface area contributed by atoms with Crippen molar-refractivity contribution in [2.45, 2.75) is 6.92 Å². The van der Waals surface area contributed by atoms with Gasteiger partial charge in [0.15, 0.2) is 0 Å². The van der Waals surface area contributed by atoms with Gasteiger partial charge in [0.25, 0.3) is 5.91 Å². The number of nitrogens with zero attached hydrogens (tertiary/aromatic N) is 4. The van der Waals surface area contributed by atoms with Gasteiger partial charge >= 0.3 is 0 Å². The van der Waals surface area contributed by atoms with Crippen molar-refractivity contribution in [3.05, 3.63) is 35.0 Å². The van der Waals surface area contributed by atoms with E-state index in [9.17, 15) is 4.79 Å². The zero-order valence-corrected chi connectivity index (χ0v) is 12.6. The molecule has 1 aromatic carbocycles. The summed E-state index contributed by atoms with van der Waals surface area (Å²) in [5.74, 6) is 0.888. The van der Waals surface area contributed by atoms with E-state index in [2.05, 4.69) is 30.9 Å². The zero-order valence-electron chi connectivity index (χ0n) is 11.8. The Bertz CT molecular complexity index is 781. The molecule has 0 radical (unpaired) electrons. The Balaban J connectivity index is 1.82. The van der Waals surface area contributed by atoms with Gasteiger partial charge in [0.2, 0.25) is 5.82 Å². The molecule has 0 fully saturated rings. The number of hydrogen-bond donors (Lipinski definition) is 2. The highest BCUT2D eigenvalue weighted by Gasteiger charge is 2.15. The largest absolute Gasteiger partial charge is 0.497 e. The second-order valence-corrected chi connectivity index (χ2v) is 5.56. The average Bonchev–Trinajstić information content (AvgIpc) is 3.18. The van der Waals surface area contributed by atoms with Crippen molar-refractivity contribution >= 4 is 23.1 Å². The third kappa shape index (κ3) is 2.79. The molecule has 3 rings (SSSR count). The van der Waals surface area contributed by atoms with Crippen molar-refractivity contribution in [3.8, 4) is 16.3 Å². The fourth-order valence-corrected chi connectivity index (χ4v) is 2.67. The average molecular weight is 316 g/mol. The Labute approximate surface area is 129 Å². The lowest BCUT2D eigenvalue weighted by molar-refractivity contribution is 0.101. The first-order valence-corrected chi connectivity index (χ1v) is 7.16. The molecule has 8 nitrogen and oxygen atoms in total. The van der Waals surface area contributed by atoms with E-state index in [4.69, 9.17) is 4.74 Å². The molecule has 0 atom stereocenters. The Morgan fingerprint density at radius 1 is 1.32 bits per heavy atom. The van der Waals surface area contributed by atoms with Crippen LogP contribution in [0.5, 0.6) is 5.75 Å². The molecule has 2 heterocycles. The second-order valence-electron chi connectivity index (χ2n) is 4.36. The van der Waals surface area contributed by atoms with E-state index < -0.39 is 5.91 Å². The third-order valence-electron chi connectivity index (χ3n) is 2.93. The predicted molar refractivity (Wildman–Crippen MR) is 81.0 cm³/mol. The number of aromatic nitrogens is 5. The van der Waals surface area contributed by atoms with Crippen LogP contribution in [0.1, 0.15) is 15.5 Å². The highest BCUT2D eigenvalue weighted by atomic mass is 32.1. The minimum absolute atomic E-state index is 0.0402. The Hall–Kier alpha value is -2.81. The standard InChI is InChI=1S/C13H12N6O2S/c1-7-10(14-12(20)11-16-18-19-17-11)15-13(22-7)8-3-5-9(21-2)6-4-8/h3-6H,1-2H3,(H,14,20)(H,16,17,18,19). The van der Waals surface area contributed by atoms with Crippen LogP contribution in [0.25, 0.3) is 10.6 Å². The summed E-state index contributed by atoms with van der Waals surface area (Å²) in [5, 5.41) is 16.2. The van der Waals surface area contributed by atoms with Crippen molar-refractivity contribution in [3.63, 3.8) is 0 Å². The predicted octanol–water partition coefficient (Wildman–Crippen LogP) is 1.89. The number of thiazole rings is 1. The van der Waals surface area contributed by atoms with Crippen molar-refractivity contribution in [1.82, 2.24) is 25.6 Å². The summed E-state index contributed by atoms with van der Waals surface area (Å²) in [5.41, 5.74) is 0.954. The van der Waals surface area contributed by atoms with Gasteiger partial charge in [-0.25, -0.2) is 10.1 Å². The minimum Gasteiger partial charge on any atom is -0.497 e. The first kappa shape index (κ1) is 14.1. The summed E-state index contributed by atoms with van der Waals surface area (Å²) in [4.78, 5) is 17.3. The van der Waals surface area contributed by atoms with Gasteiger partial charge in [-0.15, -0.1) is 16.4 Å². The molecule has 0 unspecified atom stereocenters. The third-order valence-corrected chi connectivity index (χ3v) is 3.95. The maximum atomic E-state index is 11.9. The maximum Gasteiger partial charge on any atom is 0.296 e. The summed E-state index contributed by atoms with van der Waals surface area (Å²) in [7, 11) is 1.62. The van der Waals surface area contributed by atoms with Gasteiger partial charge in [-0.3, -0.25) is 4.79 Å². The number of carbonyl (C=O) groups excluding carboxylic acids is 1. The lowest BCUT2D eigenvalue weighted by Crippen LogP contribution is -2.14. The molecule has 0 aliphatic carbocycles. The molecule has 0 bridgehead atoms. The first-order chi connectivity index (χ1) is 10.7. The molecule has 2 N–H and O–H groups in total. The Kier molecular flexibility index (Phi) is 3.79. The number of amides is 1. The normalized spacial score (nSPS) is 10.5. The minimum atomic E-state index is -0.431. The zero-order chi connectivity index (χ0) is 15.5. The molecule has 3 aromatic rings. The fourth-order valence-electron chi connectivity index (χ4n) is 1.79. The molecule has 9 heteroatoms. The van der Waals surface area contributed by atoms with Crippen LogP contribution in [-0.4, -0.2) is 38.6 Å². The van der Waals surface area contributed by atoms with Crippen LogP contribution in [0, 0.1) is 6.92 Å². The van der Waals surface area contributed by atoms with Gasteiger partial charge in [-0.05, 0) is 41.6 Å². The van der Waals surface area contributed by atoms with Crippen LogP contribution in [-0.2, 0) is 0 Å². The number of methoxy groups -OCH3 is 1. The number of H-pyrrole nitrogens is 1. The van der Waals surface area contributed by atoms with Crippen LogP contribution >= 0.6 is 11.3 Å². The summed E-state index contributed by atoms with van der Waals surface area (Å²) < 4.78 is 5.13. The number of aryl methyl sites for hydroxylation is 1. The lowest BCUT2D eigenvalue weighted by Gasteiger charge is -2.00. The van der Waals surface area contributed by atoms with E-state index in [-0.39, 0.29) is 5.82 Å². The Morgan fingerprint density at radius 2 is 2.09 bits per heavy atom. The second kappa shape index (κ2) is 5.90. The molecule has 2 aromatic heterocycles. The fraction of sp³-hybridized carbons (Fsp3) is 0.154. The van der Waals surface area contributed by atoms with Crippen molar-refractivity contribution in [2.24, 2.45) is 0 Å². The van der Waals surface area contributed by atoms with Crippen LogP contribution in [0.3, 0.4) is 0 Å². The smallest absolute Gasteiger partial charge is 0.296 e. The number of benzene rings is 1. The molecule has 0 aliphatic rings. The number of carbonyl (C=O) groups is 1. The van der Waals surface area contributed by atoms with E-state index in [0.717, 1.165) is 21.2 Å². The van der Waals surface area contributed by atoms with E-state index in [1.807, 2.05) is 31.2 Å². The van der Waals surface area contributed by atoms with Gasteiger partial charge in [-0.1, -0.05) is 0 Å². The topological polar surface area (TPSA) is 106 Å². The van der Waals surface area contributed by atoms with Crippen LogP contribution in [0.2, 0.25) is 0 Å². The number of tetrazole rings is 1. The van der Waals surface area contributed by atoms with Crippen LogP contribution in [0.4, 0.5) is 5.82 Å². The van der Waals surface area contributed by atoms with Crippen LogP contribution < -0.4 is 10.1 Å². The highest BCUT2D eigenvalue weighted by molar-refractivity contribution is 7.15. The summed E-state index contributed by atoms with van der Waals surface area (Å²) >= 11 is 1.49. The number of ether oxygens (including phenoxy) is 1. The maximum absolute atomic E-state index is 11.9. The van der Waals surface area contributed by atoms with Crippen molar-refractivity contribution in [1.29, 1.82) is 0 Å².